The number of hydrogen-bond acceptors (Lipinski definition) is 4. The van der Waals surface area contributed by atoms with Crippen LogP contribution in [-0.2, 0) is 21.2 Å². The number of nitrogens with zero attached hydrogens (tertiary/aromatic N) is 1. The van der Waals surface area contributed by atoms with Gasteiger partial charge in [0.25, 0.3) is 15.9 Å². The van der Waals surface area contributed by atoms with E-state index in [0.717, 1.165) is 21.9 Å². The maximum atomic E-state index is 13.3. The Kier molecular flexibility index (Phi) is 6.95. The van der Waals surface area contributed by atoms with Gasteiger partial charge in [0.2, 0.25) is 0 Å². The predicted molar refractivity (Wildman–Crippen MR) is 121 cm³/mol. The van der Waals surface area contributed by atoms with Crippen molar-refractivity contribution in [2.75, 3.05) is 10.9 Å². The van der Waals surface area contributed by atoms with Crippen molar-refractivity contribution in [2.45, 2.75) is 25.2 Å². The molecule has 0 atom stereocenters. The highest BCUT2D eigenvalue weighted by molar-refractivity contribution is 9.10. The molecule has 0 heterocycles. The smallest absolute Gasteiger partial charge is 0.278 e. The fraction of sp³-hybridized carbons (Fsp3) is 0.174. The molecule has 5 nitrogen and oxygen atoms in total. The van der Waals surface area contributed by atoms with Gasteiger partial charge in [0.1, 0.15) is 5.75 Å². The number of benzene rings is 3. The first kappa shape index (κ1) is 22.1. The van der Waals surface area contributed by atoms with Crippen LogP contribution in [0.5, 0.6) is 5.75 Å². The van der Waals surface area contributed by atoms with Gasteiger partial charge in [-0.05, 0) is 71.2 Å². The van der Waals surface area contributed by atoms with E-state index in [1.165, 1.54) is 12.1 Å². The minimum Gasteiger partial charge on any atom is -0.483 e. The number of hydrogen-bond donors (Lipinski definition) is 0. The maximum absolute atomic E-state index is 13.3. The van der Waals surface area contributed by atoms with E-state index in [2.05, 4.69) is 15.9 Å². The second kappa shape index (κ2) is 9.45. The van der Waals surface area contributed by atoms with Crippen LogP contribution in [-0.4, -0.2) is 20.9 Å². The number of carbonyl (C=O) groups is 1. The van der Waals surface area contributed by atoms with Gasteiger partial charge < -0.3 is 4.74 Å². The average molecular weight is 488 g/mol. The molecule has 3 aromatic rings. The predicted octanol–water partition coefficient (Wildman–Crippen LogP) is 5.12. The van der Waals surface area contributed by atoms with Crippen LogP contribution in [0.1, 0.15) is 18.1 Å². The molecule has 7 heteroatoms. The number of rotatable bonds is 7. The second-order valence-corrected chi connectivity index (χ2v) is 9.36. The van der Waals surface area contributed by atoms with Gasteiger partial charge in [-0.15, -0.1) is 0 Å². The van der Waals surface area contributed by atoms with Crippen molar-refractivity contribution in [3.05, 3.63) is 88.4 Å². The zero-order valence-electron chi connectivity index (χ0n) is 16.7. The lowest BCUT2D eigenvalue weighted by molar-refractivity contribution is -0.119. The van der Waals surface area contributed by atoms with E-state index < -0.39 is 22.5 Å². The molecule has 0 aliphatic heterocycles. The lowest BCUT2D eigenvalue weighted by Gasteiger charge is -2.23. The third kappa shape index (κ3) is 4.91. The third-order valence-electron chi connectivity index (χ3n) is 4.53. The summed E-state index contributed by atoms with van der Waals surface area (Å²) in [6, 6.07) is 20.2. The molecule has 0 N–H and O–H groups in total. The van der Waals surface area contributed by atoms with Crippen molar-refractivity contribution in [1.82, 2.24) is 0 Å². The lowest BCUT2D eigenvalue weighted by atomic mass is 10.2. The van der Waals surface area contributed by atoms with Gasteiger partial charge >= 0.3 is 0 Å². The van der Waals surface area contributed by atoms with Crippen molar-refractivity contribution in [3.8, 4) is 5.75 Å². The quantitative estimate of drug-likeness (QED) is 0.463. The second-order valence-electron chi connectivity index (χ2n) is 6.72. The Hall–Kier alpha value is -2.64. The van der Waals surface area contributed by atoms with Crippen LogP contribution >= 0.6 is 15.9 Å². The molecule has 0 fully saturated rings. The van der Waals surface area contributed by atoms with Gasteiger partial charge in [-0.1, -0.05) is 48.9 Å². The fourth-order valence-electron chi connectivity index (χ4n) is 2.87. The molecule has 0 aliphatic rings. The standard InChI is InChI=1S/C23H22BrNO4S/c1-3-18-11-14-22(21(24)15-18)29-16-23(26)25(19-12-9-17(2)10-13-19)30(27,28)20-7-5-4-6-8-20/h4-15H,3,16H2,1-2H3. The molecule has 3 rings (SSSR count). The van der Waals surface area contributed by atoms with E-state index in [4.69, 9.17) is 4.74 Å². The largest absolute Gasteiger partial charge is 0.483 e. The fourth-order valence-corrected chi connectivity index (χ4v) is 4.85. The van der Waals surface area contributed by atoms with Crippen molar-refractivity contribution in [3.63, 3.8) is 0 Å². The summed E-state index contributed by atoms with van der Waals surface area (Å²) in [4.78, 5) is 13.1. The molecule has 0 spiro atoms. The topological polar surface area (TPSA) is 63.7 Å². The summed E-state index contributed by atoms with van der Waals surface area (Å²) in [5, 5.41) is 0. The molecule has 0 saturated carbocycles. The van der Waals surface area contributed by atoms with Crippen LogP contribution in [0, 0.1) is 6.92 Å². The van der Waals surface area contributed by atoms with Gasteiger partial charge in [0.05, 0.1) is 15.1 Å². The summed E-state index contributed by atoms with van der Waals surface area (Å²) < 4.78 is 33.7. The molecular weight excluding hydrogens is 466 g/mol. The van der Waals surface area contributed by atoms with Gasteiger partial charge in [-0.3, -0.25) is 4.79 Å². The van der Waals surface area contributed by atoms with Crippen LogP contribution < -0.4 is 9.04 Å². The van der Waals surface area contributed by atoms with Crippen molar-refractivity contribution >= 4 is 37.5 Å². The van der Waals surface area contributed by atoms with E-state index in [0.29, 0.717) is 10.2 Å². The molecule has 1 amide bonds. The Morgan fingerprint density at radius 1 is 1.00 bits per heavy atom. The maximum Gasteiger partial charge on any atom is 0.278 e. The first-order chi connectivity index (χ1) is 14.3. The molecule has 0 saturated heterocycles. The van der Waals surface area contributed by atoms with Gasteiger partial charge in [-0.25, -0.2) is 8.42 Å². The van der Waals surface area contributed by atoms with Crippen molar-refractivity contribution < 1.29 is 17.9 Å². The lowest BCUT2D eigenvalue weighted by Crippen LogP contribution is -2.40. The summed E-state index contributed by atoms with van der Waals surface area (Å²) in [5.74, 6) is -0.212. The number of anilines is 1. The Balaban J connectivity index is 1.92. The normalized spacial score (nSPS) is 11.2. The molecule has 0 aliphatic carbocycles. The van der Waals surface area contributed by atoms with Gasteiger partial charge in [-0.2, -0.15) is 4.31 Å². The zero-order valence-corrected chi connectivity index (χ0v) is 19.1. The molecule has 0 unspecified atom stereocenters. The number of amides is 1. The Morgan fingerprint density at radius 2 is 1.67 bits per heavy atom. The summed E-state index contributed by atoms with van der Waals surface area (Å²) in [5.41, 5.74) is 2.34. The van der Waals surface area contributed by atoms with Crippen LogP contribution in [0.3, 0.4) is 0 Å². The third-order valence-corrected chi connectivity index (χ3v) is 6.91. The monoisotopic (exact) mass is 487 g/mol. The number of sulfonamides is 1. The Labute approximate surface area is 185 Å². The highest BCUT2D eigenvalue weighted by Crippen LogP contribution is 2.28. The molecule has 0 bridgehead atoms. The number of aryl methyl sites for hydroxylation is 2. The van der Waals surface area contributed by atoms with Crippen LogP contribution in [0.15, 0.2) is 82.2 Å². The van der Waals surface area contributed by atoms with Crippen molar-refractivity contribution in [1.29, 1.82) is 0 Å². The Bertz CT molecular complexity index is 1130. The van der Waals surface area contributed by atoms with Crippen LogP contribution in [0.2, 0.25) is 0 Å². The first-order valence-electron chi connectivity index (χ1n) is 9.44. The SMILES string of the molecule is CCc1ccc(OCC(=O)N(c2ccc(C)cc2)S(=O)(=O)c2ccccc2)c(Br)c1. The molecule has 156 valence electrons. The van der Waals surface area contributed by atoms with Crippen molar-refractivity contribution in [2.24, 2.45) is 0 Å². The molecule has 3 aromatic carbocycles. The van der Waals surface area contributed by atoms with E-state index >= 15 is 0 Å². The highest BCUT2D eigenvalue weighted by Gasteiger charge is 2.31. The summed E-state index contributed by atoms with van der Waals surface area (Å²) in [6.07, 6.45) is 0.869. The molecular formula is C23H22BrNO4S. The Morgan fingerprint density at radius 3 is 2.27 bits per heavy atom. The average Bonchev–Trinajstić information content (AvgIpc) is 2.75. The van der Waals surface area contributed by atoms with Gasteiger partial charge in [0.15, 0.2) is 6.61 Å². The van der Waals surface area contributed by atoms with Gasteiger partial charge in [0, 0.05) is 0 Å². The summed E-state index contributed by atoms with van der Waals surface area (Å²) in [6.45, 7) is 3.51. The van der Waals surface area contributed by atoms with Crippen LogP contribution in [0.4, 0.5) is 5.69 Å². The molecule has 0 radical (unpaired) electrons. The number of halogens is 1. The zero-order chi connectivity index (χ0) is 21.7. The summed E-state index contributed by atoms with van der Waals surface area (Å²) >= 11 is 3.44. The summed E-state index contributed by atoms with van der Waals surface area (Å²) in [7, 11) is -4.10. The van der Waals surface area contributed by atoms with E-state index in [1.54, 1.807) is 48.5 Å². The molecule has 0 aromatic heterocycles. The minimum atomic E-state index is -4.10. The first-order valence-corrected chi connectivity index (χ1v) is 11.7. The van der Waals surface area contributed by atoms with E-state index in [-0.39, 0.29) is 10.6 Å². The number of carbonyl (C=O) groups excluding carboxylic acids is 1. The van der Waals surface area contributed by atoms with E-state index in [9.17, 15) is 13.2 Å². The van der Waals surface area contributed by atoms with Crippen LogP contribution in [0.25, 0.3) is 0 Å². The molecule has 30 heavy (non-hydrogen) atoms. The van der Waals surface area contributed by atoms with E-state index in [1.807, 2.05) is 26.0 Å². The number of ether oxygens (including phenoxy) is 1. The minimum absolute atomic E-state index is 0.0346. The highest BCUT2D eigenvalue weighted by atomic mass is 79.9.